The van der Waals surface area contributed by atoms with Gasteiger partial charge in [0.1, 0.15) is 11.6 Å². The van der Waals surface area contributed by atoms with Gasteiger partial charge in [0.2, 0.25) is 0 Å². The number of para-hydroxylation sites is 1. The zero-order chi connectivity index (χ0) is 17.0. The van der Waals surface area contributed by atoms with Crippen molar-refractivity contribution in [2.75, 3.05) is 20.3 Å². The van der Waals surface area contributed by atoms with Crippen molar-refractivity contribution in [2.45, 2.75) is 18.4 Å². The first-order valence-electron chi connectivity index (χ1n) is 7.94. The third-order valence-corrected chi connectivity index (χ3v) is 4.45. The third kappa shape index (κ3) is 3.26. The molecule has 0 unspecified atom stereocenters. The van der Waals surface area contributed by atoms with Crippen molar-refractivity contribution >= 4 is 5.91 Å². The molecule has 2 aromatic carbocycles. The van der Waals surface area contributed by atoms with E-state index < -0.39 is 5.54 Å². The van der Waals surface area contributed by atoms with Gasteiger partial charge in [-0.2, -0.15) is 0 Å². The van der Waals surface area contributed by atoms with Gasteiger partial charge in [-0.15, -0.1) is 0 Å². The number of rotatable bonds is 4. The number of benzene rings is 2. The molecule has 0 radical (unpaired) electrons. The maximum Gasteiger partial charge on any atom is 0.255 e. The predicted molar refractivity (Wildman–Crippen MR) is 88.6 cm³/mol. The lowest BCUT2D eigenvalue weighted by Crippen LogP contribution is -2.49. The number of hydrogen-bond donors (Lipinski definition) is 1. The second kappa shape index (κ2) is 7.01. The summed E-state index contributed by atoms with van der Waals surface area (Å²) in [4.78, 5) is 12.8. The second-order valence-corrected chi connectivity index (χ2v) is 5.86. The van der Waals surface area contributed by atoms with E-state index >= 15 is 0 Å². The first kappa shape index (κ1) is 16.5. The Hall–Kier alpha value is -2.40. The van der Waals surface area contributed by atoms with E-state index in [0.29, 0.717) is 37.4 Å². The maximum atomic E-state index is 13.3. The van der Waals surface area contributed by atoms with Gasteiger partial charge in [0, 0.05) is 13.2 Å². The molecule has 3 rings (SSSR count). The summed E-state index contributed by atoms with van der Waals surface area (Å²) < 4.78 is 24.0. The molecule has 1 heterocycles. The molecule has 0 atom stereocenters. The lowest BCUT2D eigenvalue weighted by atomic mass is 9.82. The molecule has 0 aromatic heterocycles. The monoisotopic (exact) mass is 329 g/mol. The van der Waals surface area contributed by atoms with Gasteiger partial charge < -0.3 is 14.8 Å². The molecule has 1 N–H and O–H groups in total. The van der Waals surface area contributed by atoms with Gasteiger partial charge in [0.25, 0.3) is 5.91 Å². The summed E-state index contributed by atoms with van der Waals surface area (Å²) in [6.07, 6.45) is 1.28. The number of ether oxygens (including phenoxy) is 2. The summed E-state index contributed by atoms with van der Waals surface area (Å²) in [5.74, 6) is 0.0204. The highest BCUT2D eigenvalue weighted by molar-refractivity contribution is 5.97. The van der Waals surface area contributed by atoms with E-state index in [9.17, 15) is 9.18 Å². The van der Waals surface area contributed by atoms with E-state index in [0.717, 1.165) is 5.56 Å². The van der Waals surface area contributed by atoms with E-state index in [-0.39, 0.29) is 11.7 Å². The number of hydrogen-bond acceptors (Lipinski definition) is 3. The largest absolute Gasteiger partial charge is 0.496 e. The smallest absolute Gasteiger partial charge is 0.255 e. The van der Waals surface area contributed by atoms with Crippen LogP contribution in [0.4, 0.5) is 4.39 Å². The Bertz CT molecular complexity index is 709. The van der Waals surface area contributed by atoms with E-state index in [1.165, 1.54) is 19.2 Å². The van der Waals surface area contributed by atoms with Crippen molar-refractivity contribution in [3.8, 4) is 5.75 Å². The zero-order valence-corrected chi connectivity index (χ0v) is 13.5. The van der Waals surface area contributed by atoms with Crippen molar-refractivity contribution in [1.29, 1.82) is 0 Å². The van der Waals surface area contributed by atoms with Crippen molar-refractivity contribution in [2.24, 2.45) is 0 Å². The van der Waals surface area contributed by atoms with Crippen molar-refractivity contribution < 1.29 is 18.7 Å². The van der Waals surface area contributed by atoms with E-state index in [1.54, 1.807) is 30.3 Å². The molecule has 1 aliphatic heterocycles. The zero-order valence-electron chi connectivity index (χ0n) is 13.5. The number of nitrogens with one attached hydrogen (secondary N) is 1. The van der Waals surface area contributed by atoms with Crippen molar-refractivity contribution in [1.82, 2.24) is 5.32 Å². The van der Waals surface area contributed by atoms with Crippen molar-refractivity contribution in [3.05, 3.63) is 65.5 Å². The molecule has 1 saturated heterocycles. The first-order valence-corrected chi connectivity index (χ1v) is 7.94. The Labute approximate surface area is 140 Å². The number of carbonyl (C=O) groups excluding carboxylic acids is 1. The molecule has 5 heteroatoms. The minimum Gasteiger partial charge on any atom is -0.496 e. The minimum atomic E-state index is -0.566. The third-order valence-electron chi connectivity index (χ3n) is 4.45. The molecule has 0 aliphatic carbocycles. The fourth-order valence-corrected chi connectivity index (χ4v) is 3.09. The molecular formula is C19H20FNO3. The first-order chi connectivity index (χ1) is 11.6. The van der Waals surface area contributed by atoms with Crippen LogP contribution in [-0.2, 0) is 10.3 Å². The Morgan fingerprint density at radius 1 is 1.12 bits per heavy atom. The quantitative estimate of drug-likeness (QED) is 0.936. The average molecular weight is 329 g/mol. The highest BCUT2D eigenvalue weighted by Crippen LogP contribution is 2.33. The highest BCUT2D eigenvalue weighted by Gasteiger charge is 2.36. The van der Waals surface area contributed by atoms with Gasteiger partial charge in [-0.25, -0.2) is 4.39 Å². The second-order valence-electron chi connectivity index (χ2n) is 5.86. The molecule has 0 spiro atoms. The number of amides is 1. The van der Waals surface area contributed by atoms with Crippen LogP contribution < -0.4 is 10.1 Å². The molecule has 1 amide bonds. The fraction of sp³-hybridized carbons (Fsp3) is 0.316. The Morgan fingerprint density at radius 2 is 1.79 bits per heavy atom. The Kier molecular flexibility index (Phi) is 4.81. The number of carbonyl (C=O) groups is 1. The summed E-state index contributed by atoms with van der Waals surface area (Å²) in [7, 11) is 1.54. The standard InChI is InChI=1S/C19H20FNO3/c1-23-17-5-3-2-4-16(17)18(22)21-19(10-12-24-13-11-19)14-6-8-15(20)9-7-14/h2-9H,10-13H2,1H3,(H,21,22). The van der Waals surface area contributed by atoms with Crippen LogP contribution in [0.3, 0.4) is 0 Å². The van der Waals surface area contributed by atoms with Crippen LogP contribution in [0.5, 0.6) is 5.75 Å². The lowest BCUT2D eigenvalue weighted by Gasteiger charge is -2.38. The van der Waals surface area contributed by atoms with Crippen LogP contribution in [0.15, 0.2) is 48.5 Å². The van der Waals surface area contributed by atoms with Crippen LogP contribution in [0.1, 0.15) is 28.8 Å². The van der Waals surface area contributed by atoms with Gasteiger partial charge >= 0.3 is 0 Å². The number of halogens is 1. The average Bonchev–Trinajstić information content (AvgIpc) is 2.63. The van der Waals surface area contributed by atoms with Gasteiger partial charge in [-0.3, -0.25) is 4.79 Å². The molecule has 0 bridgehead atoms. The van der Waals surface area contributed by atoms with Crippen LogP contribution in [0.25, 0.3) is 0 Å². The SMILES string of the molecule is COc1ccccc1C(=O)NC1(c2ccc(F)cc2)CCOCC1. The fourth-order valence-electron chi connectivity index (χ4n) is 3.09. The van der Waals surface area contributed by atoms with Gasteiger partial charge in [-0.05, 0) is 42.7 Å². The summed E-state index contributed by atoms with van der Waals surface area (Å²) >= 11 is 0. The molecule has 2 aromatic rings. The molecule has 24 heavy (non-hydrogen) atoms. The normalized spacial score (nSPS) is 16.4. The summed E-state index contributed by atoms with van der Waals surface area (Å²) in [6, 6.07) is 13.4. The minimum absolute atomic E-state index is 0.210. The maximum absolute atomic E-state index is 13.3. The summed E-state index contributed by atoms with van der Waals surface area (Å²) in [6.45, 7) is 1.09. The Balaban J connectivity index is 1.92. The summed E-state index contributed by atoms with van der Waals surface area (Å²) in [5.41, 5.74) is 0.799. The van der Waals surface area contributed by atoms with Gasteiger partial charge in [0.15, 0.2) is 0 Å². The van der Waals surface area contributed by atoms with Crippen molar-refractivity contribution in [3.63, 3.8) is 0 Å². The highest BCUT2D eigenvalue weighted by atomic mass is 19.1. The van der Waals surface area contributed by atoms with Gasteiger partial charge in [0.05, 0.1) is 18.2 Å². The van der Waals surface area contributed by atoms with Crippen LogP contribution in [-0.4, -0.2) is 26.2 Å². The van der Waals surface area contributed by atoms with Crippen LogP contribution >= 0.6 is 0 Å². The van der Waals surface area contributed by atoms with Crippen LogP contribution in [0, 0.1) is 5.82 Å². The molecule has 0 saturated carbocycles. The van der Waals surface area contributed by atoms with Crippen LogP contribution in [0.2, 0.25) is 0 Å². The topological polar surface area (TPSA) is 47.6 Å². The lowest BCUT2D eigenvalue weighted by molar-refractivity contribution is 0.0344. The number of methoxy groups -OCH3 is 1. The molecule has 1 aliphatic rings. The molecule has 126 valence electrons. The molecule has 4 nitrogen and oxygen atoms in total. The molecular weight excluding hydrogens is 309 g/mol. The van der Waals surface area contributed by atoms with Gasteiger partial charge in [-0.1, -0.05) is 24.3 Å². The Morgan fingerprint density at radius 3 is 2.46 bits per heavy atom. The molecule has 1 fully saturated rings. The predicted octanol–water partition coefficient (Wildman–Crippen LogP) is 3.27. The van der Waals surface area contributed by atoms with E-state index in [4.69, 9.17) is 9.47 Å². The summed E-state index contributed by atoms with van der Waals surface area (Å²) in [5, 5.41) is 3.14. The van der Waals surface area contributed by atoms with E-state index in [1.807, 2.05) is 6.07 Å². The van der Waals surface area contributed by atoms with E-state index in [2.05, 4.69) is 5.32 Å².